The molecule has 12 rings (SSSR count). The summed E-state index contributed by atoms with van der Waals surface area (Å²) in [7, 11) is 8.94. The second-order valence-corrected chi connectivity index (χ2v) is 37.5. The lowest BCUT2D eigenvalue weighted by atomic mass is 9.80. The molecule has 584 valence electrons. The van der Waals surface area contributed by atoms with E-state index in [1.165, 1.54) is 202 Å². The maximum atomic E-state index is 6.24. The Hall–Kier alpha value is -6.28. The van der Waals surface area contributed by atoms with Gasteiger partial charge in [-0.25, -0.2) is 0 Å². The minimum absolute atomic E-state index is 0.0179. The third-order valence-corrected chi connectivity index (χ3v) is 25.7. The number of nitrogens with zero attached hydrogens (tertiary/aromatic N) is 4. The smallest absolute Gasteiger partial charge is 0.188 e. The maximum absolute atomic E-state index is 6.24. The molecule has 0 amide bonds. The molecule has 0 bridgehead atoms. The summed E-state index contributed by atoms with van der Waals surface area (Å²) in [5, 5.41) is 10.6. The lowest BCUT2D eigenvalue weighted by Crippen LogP contribution is -2.32. The number of hydrogen-bond donors (Lipinski definition) is 0. The second-order valence-electron chi connectivity index (χ2n) is 32.2. The van der Waals surface area contributed by atoms with Crippen LogP contribution in [0.4, 0.5) is 22.7 Å². The Labute approximate surface area is 657 Å². The van der Waals surface area contributed by atoms with Crippen LogP contribution in [0.1, 0.15) is 178 Å². The van der Waals surface area contributed by atoms with Gasteiger partial charge in [0.05, 0.1) is 0 Å². The lowest BCUT2D eigenvalue weighted by molar-refractivity contribution is 0.0505. The highest BCUT2D eigenvalue weighted by Gasteiger charge is 2.29. The summed E-state index contributed by atoms with van der Waals surface area (Å²) in [4.78, 5) is 10.2. The number of anilines is 4. The van der Waals surface area contributed by atoms with Gasteiger partial charge in [-0.3, -0.25) is 0 Å². The quantitative estimate of drug-likeness (QED) is 0.0426. The Morgan fingerprint density at radius 1 is 0.287 bits per heavy atom. The topological polar surface area (TPSA) is 86.8 Å². The molecule has 4 aliphatic heterocycles. The fourth-order valence-electron chi connectivity index (χ4n) is 14.3. The Morgan fingerprint density at radius 2 is 0.630 bits per heavy atom. The van der Waals surface area contributed by atoms with E-state index < -0.39 is 0 Å². The highest BCUT2D eigenvalue weighted by molar-refractivity contribution is 7.57. The first-order valence-electron chi connectivity index (χ1n) is 39.4. The van der Waals surface area contributed by atoms with E-state index in [0.29, 0.717) is 34.3 Å². The summed E-state index contributed by atoms with van der Waals surface area (Å²) in [5.41, 5.74) is 14.7. The molecule has 0 N–H and O–H groups in total. The fraction of sp³-hybridized carbons (Fsp3) is 0.478. The minimum Gasteiger partial charge on any atom is -0.467 e. The molecule has 12 nitrogen and oxygen atoms in total. The summed E-state index contributed by atoms with van der Waals surface area (Å²) in [6, 6.07) is 55.5. The molecule has 8 aromatic rings. The molecule has 4 aliphatic rings. The van der Waals surface area contributed by atoms with Gasteiger partial charge in [0.15, 0.2) is 27.2 Å². The zero-order valence-corrected chi connectivity index (χ0v) is 72.5. The zero-order valence-electron chi connectivity index (χ0n) is 68.5. The van der Waals surface area contributed by atoms with Gasteiger partial charge in [0.1, 0.15) is 23.0 Å². The van der Waals surface area contributed by atoms with Crippen LogP contribution in [0.5, 0.6) is 23.0 Å². The molecule has 8 aromatic carbocycles. The molecule has 4 atom stereocenters. The molecule has 4 unspecified atom stereocenters. The van der Waals surface area contributed by atoms with Crippen molar-refractivity contribution in [1.82, 2.24) is 0 Å². The zero-order chi connectivity index (χ0) is 77.2. The van der Waals surface area contributed by atoms with Gasteiger partial charge in [0, 0.05) is 152 Å². The van der Waals surface area contributed by atoms with Crippen molar-refractivity contribution in [2.75, 3.05) is 128 Å². The van der Waals surface area contributed by atoms with Gasteiger partial charge in [0.2, 0.25) is 0 Å². The molecule has 4 saturated heterocycles. The van der Waals surface area contributed by atoms with Crippen LogP contribution in [0.2, 0.25) is 0 Å². The summed E-state index contributed by atoms with van der Waals surface area (Å²) in [5.74, 6) is 3.85. The van der Waals surface area contributed by atoms with E-state index in [-0.39, 0.29) is 43.4 Å². The van der Waals surface area contributed by atoms with Crippen molar-refractivity contribution < 1.29 is 37.9 Å². The van der Waals surface area contributed by atoms with Gasteiger partial charge in [-0.05, 0) is 197 Å². The van der Waals surface area contributed by atoms with Crippen molar-refractivity contribution in [2.45, 2.75) is 183 Å². The third-order valence-electron chi connectivity index (χ3n) is 20.3. The number of benzene rings is 8. The lowest BCUT2D eigenvalue weighted by Gasteiger charge is -2.32. The van der Waals surface area contributed by atoms with Gasteiger partial charge >= 0.3 is 0 Å². The Morgan fingerprint density at radius 3 is 1.06 bits per heavy atom. The van der Waals surface area contributed by atoms with Gasteiger partial charge in [-0.1, -0.05) is 206 Å². The molecule has 0 aliphatic carbocycles. The van der Waals surface area contributed by atoms with Gasteiger partial charge in [0.25, 0.3) is 0 Å². The van der Waals surface area contributed by atoms with Crippen LogP contribution in [-0.4, -0.2) is 108 Å². The van der Waals surface area contributed by atoms with Crippen LogP contribution >= 0.6 is 34.3 Å². The first-order valence-corrected chi connectivity index (χ1v) is 43.4. The molecule has 0 spiro atoms. The van der Waals surface area contributed by atoms with Gasteiger partial charge in [-0.15, -0.1) is 0 Å². The first kappa shape index (κ1) is 85.7. The number of hydrogen-bond acceptors (Lipinski definition) is 12. The minimum atomic E-state index is -0.0179. The first-order chi connectivity index (χ1) is 52.0. The highest BCUT2D eigenvalue weighted by atomic mass is 31.1. The van der Waals surface area contributed by atoms with Gasteiger partial charge in [-0.2, -0.15) is 0 Å². The van der Waals surface area contributed by atoms with E-state index in [0.717, 1.165) is 54.7 Å². The molecule has 4 heterocycles. The SMILES string of the molecule is COCOc1c(C)cc(C(C)(C)C)cc1Pc1ccccc1N1CCCCC1.COCOc1c(C)cccc1Pc1ccc(C)cc1N1CCCCC1.COCOc1c(Pc2ccccc2N2CCCCC2)cc(C(C)(C)C)cc1C(C)(C)C.COCOc1ccccc1Pc1ccc(C)cc1N1CCCCC1. The van der Waals surface area contributed by atoms with E-state index in [1.54, 1.807) is 28.4 Å². The molecular weight excluding hydrogens is 1410 g/mol. The number of rotatable bonds is 24. The van der Waals surface area contributed by atoms with Crippen molar-refractivity contribution in [3.8, 4) is 23.0 Å². The molecule has 0 aromatic heterocycles. The monoisotopic (exact) mass is 1540 g/mol. The van der Waals surface area contributed by atoms with E-state index in [9.17, 15) is 0 Å². The van der Waals surface area contributed by atoms with Crippen LogP contribution in [0, 0.1) is 27.7 Å². The van der Waals surface area contributed by atoms with E-state index in [2.05, 4.69) is 249 Å². The predicted molar refractivity (Wildman–Crippen MR) is 471 cm³/mol. The van der Waals surface area contributed by atoms with Crippen molar-refractivity contribution in [1.29, 1.82) is 0 Å². The summed E-state index contributed by atoms with van der Waals surface area (Å²) in [6.45, 7) is 39.5. The number of piperidine rings is 4. The second kappa shape index (κ2) is 42.4. The molecule has 0 saturated carbocycles. The Kier molecular flexibility index (Phi) is 33.6. The average Bonchev–Trinajstić information content (AvgIpc) is 0.759. The predicted octanol–water partition coefficient (Wildman–Crippen LogP) is 18.3. The Balaban J connectivity index is 0.000000167. The van der Waals surface area contributed by atoms with Crippen molar-refractivity contribution in [3.05, 3.63) is 191 Å². The molecule has 16 heteroatoms. The molecule has 108 heavy (non-hydrogen) atoms. The van der Waals surface area contributed by atoms with Crippen LogP contribution in [0.3, 0.4) is 0 Å². The number of methoxy groups -OCH3 is 4. The molecular formula is C92H128N4O8P4. The number of ether oxygens (including phenoxy) is 8. The maximum Gasteiger partial charge on any atom is 0.188 e. The van der Waals surface area contributed by atoms with Crippen LogP contribution in [-0.2, 0) is 35.2 Å². The van der Waals surface area contributed by atoms with Crippen molar-refractivity contribution in [2.24, 2.45) is 0 Å². The number of para-hydroxylation sites is 4. The van der Waals surface area contributed by atoms with E-state index in [4.69, 9.17) is 37.9 Å². The normalized spacial score (nSPS) is 15.3. The van der Waals surface area contributed by atoms with E-state index in [1.807, 2.05) is 12.1 Å². The summed E-state index contributed by atoms with van der Waals surface area (Å²) >= 11 is 0. The summed E-state index contributed by atoms with van der Waals surface area (Å²) in [6.07, 6.45) is 15.7. The molecule has 0 radical (unpaired) electrons. The van der Waals surface area contributed by atoms with Gasteiger partial charge < -0.3 is 57.5 Å². The van der Waals surface area contributed by atoms with Crippen LogP contribution in [0.25, 0.3) is 0 Å². The average molecular weight is 1540 g/mol. The fourth-order valence-corrected chi connectivity index (χ4v) is 19.8. The van der Waals surface area contributed by atoms with E-state index >= 15 is 0 Å². The highest BCUT2D eigenvalue weighted by Crippen LogP contribution is 2.40. The largest absolute Gasteiger partial charge is 0.467 e. The standard InChI is InChI=1S/C27H40NO2P.C24H34NO2P.C21H28NO2P.C20H26NO2P/c1-26(2,3)20-17-21(27(4,5)6)25(30-19-29-7)24(18-20)31-23-14-10-9-13-22(23)28-15-11-8-12-16-28;1-18-15-19(24(2,3)4)16-22(23(18)27-17-26-5)28-21-12-8-7-11-20(21)25-13-9-6-10-14-25;1-16-10-11-19(18(14-16)22-12-5-4-6-13-22)25-20-9-7-8-17(2)21(20)24-15-23-3;1-16-10-11-19(17(14-16)21-12-6-3-7-13-21)24-20-9-5-4-8-18(20)23-15-22-2/h9-10,13-14,17-18,31H,8,11-12,15-16,19H2,1-7H3;7-8,11-12,15-16,28H,6,9-10,13-14,17H2,1-5H3;7-11,14,25H,4-6,12-13,15H2,1-3H3;4-5,8-11,14,24H,3,6-7,12-13,15H2,1-2H3. The van der Waals surface area contributed by atoms with Crippen molar-refractivity contribution >= 4 is 99.5 Å². The molecule has 4 fully saturated rings. The summed E-state index contributed by atoms with van der Waals surface area (Å²) < 4.78 is 44.5. The Bertz CT molecular complexity index is 4090. The van der Waals surface area contributed by atoms with Crippen molar-refractivity contribution in [3.63, 3.8) is 0 Å². The van der Waals surface area contributed by atoms with Crippen LogP contribution in [0.15, 0.2) is 152 Å². The van der Waals surface area contributed by atoms with Crippen LogP contribution < -0.4 is 81.0 Å². The third kappa shape index (κ3) is 25.1. The number of aryl methyl sites for hydroxylation is 4.